The number of hydrogen-bond donors (Lipinski definition) is 1. The van der Waals surface area contributed by atoms with Gasteiger partial charge < -0.3 is 10.5 Å². The molecule has 0 saturated heterocycles. The van der Waals surface area contributed by atoms with Crippen LogP contribution in [0.5, 0.6) is 0 Å². The number of carbonyl (C=O) groups is 1. The highest BCUT2D eigenvalue weighted by atomic mass is 19.1. The van der Waals surface area contributed by atoms with E-state index in [9.17, 15) is 9.18 Å². The Morgan fingerprint density at radius 2 is 1.89 bits per heavy atom. The van der Waals surface area contributed by atoms with Gasteiger partial charge in [0.15, 0.2) is 0 Å². The maximum atomic E-state index is 13.5. The average molecular weight is 267 g/mol. The summed E-state index contributed by atoms with van der Waals surface area (Å²) >= 11 is 0. The number of nitrogens with two attached hydrogens (primary N) is 1. The highest BCUT2D eigenvalue weighted by Gasteiger charge is 2.11. The average Bonchev–Trinajstić information content (AvgIpc) is 2.39. The monoisotopic (exact) mass is 267 g/mol. The molecule has 0 spiro atoms. The van der Waals surface area contributed by atoms with Gasteiger partial charge >= 0.3 is 5.97 Å². The van der Waals surface area contributed by atoms with Crippen molar-refractivity contribution < 1.29 is 13.9 Å². The van der Waals surface area contributed by atoms with Crippen molar-refractivity contribution in [1.82, 2.24) is 0 Å². The van der Waals surface area contributed by atoms with Gasteiger partial charge in [-0.15, -0.1) is 0 Å². The van der Waals surface area contributed by atoms with E-state index in [2.05, 4.69) is 4.74 Å². The largest absolute Gasteiger partial charge is 0.469 e. The first kappa shape index (κ1) is 15.6. The van der Waals surface area contributed by atoms with Crippen molar-refractivity contribution in [2.75, 3.05) is 7.11 Å². The number of halogens is 1. The fourth-order valence-corrected chi connectivity index (χ4v) is 2.10. The summed E-state index contributed by atoms with van der Waals surface area (Å²) in [5.41, 5.74) is 8.30. The number of ether oxygens (including phenoxy) is 1. The van der Waals surface area contributed by atoms with Crippen LogP contribution in [0.4, 0.5) is 4.39 Å². The van der Waals surface area contributed by atoms with Gasteiger partial charge in [-0.3, -0.25) is 4.79 Å². The topological polar surface area (TPSA) is 52.3 Å². The summed E-state index contributed by atoms with van der Waals surface area (Å²) in [5.74, 6) is -0.358. The van der Waals surface area contributed by atoms with Crippen molar-refractivity contribution in [1.29, 1.82) is 0 Å². The van der Waals surface area contributed by atoms with Crippen LogP contribution in [-0.2, 0) is 9.53 Å². The molecule has 0 amide bonds. The van der Waals surface area contributed by atoms with Gasteiger partial charge in [0.1, 0.15) is 5.82 Å². The zero-order valence-corrected chi connectivity index (χ0v) is 11.8. The third-order valence-corrected chi connectivity index (χ3v) is 3.26. The van der Waals surface area contributed by atoms with Gasteiger partial charge in [-0.2, -0.15) is 0 Å². The zero-order chi connectivity index (χ0) is 14.4. The first-order valence-corrected chi connectivity index (χ1v) is 6.54. The molecule has 0 aliphatic carbocycles. The lowest BCUT2D eigenvalue weighted by molar-refractivity contribution is -0.140. The minimum Gasteiger partial charge on any atom is -0.469 e. The molecule has 1 aromatic rings. The normalized spacial score (nSPS) is 12.3. The molecule has 2 N–H and O–H groups in total. The molecule has 1 rings (SSSR count). The smallest absolute Gasteiger partial charge is 0.305 e. The summed E-state index contributed by atoms with van der Waals surface area (Å²) in [7, 11) is 1.39. The molecule has 0 heterocycles. The second-order valence-electron chi connectivity index (χ2n) is 4.90. The van der Waals surface area contributed by atoms with Crippen LogP contribution in [0.15, 0.2) is 12.1 Å². The molecule has 1 unspecified atom stereocenters. The van der Waals surface area contributed by atoms with Crippen LogP contribution in [0.2, 0.25) is 0 Å². The van der Waals surface area contributed by atoms with E-state index in [1.807, 2.05) is 0 Å². The molecule has 0 bridgehead atoms. The summed E-state index contributed by atoms with van der Waals surface area (Å²) in [4.78, 5) is 11.0. The molecule has 0 aromatic heterocycles. The van der Waals surface area contributed by atoms with E-state index < -0.39 is 0 Å². The summed E-state index contributed by atoms with van der Waals surface area (Å²) < 4.78 is 18.1. The number of methoxy groups -OCH3 is 1. The molecule has 0 radical (unpaired) electrons. The van der Waals surface area contributed by atoms with E-state index in [1.54, 1.807) is 26.0 Å². The molecule has 0 aliphatic rings. The van der Waals surface area contributed by atoms with Crippen LogP contribution in [0.3, 0.4) is 0 Å². The molecule has 0 saturated carbocycles. The van der Waals surface area contributed by atoms with Gasteiger partial charge in [0, 0.05) is 12.5 Å². The van der Waals surface area contributed by atoms with Crippen LogP contribution in [-0.4, -0.2) is 13.1 Å². The molecule has 106 valence electrons. The lowest BCUT2D eigenvalue weighted by atomic mass is 9.97. The SMILES string of the molecule is COC(=O)CCCCC(N)c1cc(C)c(F)c(C)c1. The van der Waals surface area contributed by atoms with Gasteiger partial charge in [0.05, 0.1) is 7.11 Å². The van der Waals surface area contributed by atoms with Crippen molar-refractivity contribution in [3.63, 3.8) is 0 Å². The second kappa shape index (κ2) is 7.24. The van der Waals surface area contributed by atoms with Crippen molar-refractivity contribution >= 4 is 5.97 Å². The predicted octanol–water partition coefficient (Wildman–Crippen LogP) is 3.18. The van der Waals surface area contributed by atoms with Crippen LogP contribution >= 0.6 is 0 Å². The lowest BCUT2D eigenvalue weighted by Gasteiger charge is -2.14. The van der Waals surface area contributed by atoms with Crippen LogP contribution in [0, 0.1) is 19.7 Å². The lowest BCUT2D eigenvalue weighted by Crippen LogP contribution is -2.11. The van der Waals surface area contributed by atoms with Gasteiger partial charge in [0.25, 0.3) is 0 Å². The van der Waals surface area contributed by atoms with E-state index >= 15 is 0 Å². The Labute approximate surface area is 113 Å². The van der Waals surface area contributed by atoms with E-state index in [4.69, 9.17) is 5.73 Å². The maximum Gasteiger partial charge on any atom is 0.305 e. The first-order valence-electron chi connectivity index (χ1n) is 6.54. The molecular formula is C15H22FNO2. The fraction of sp³-hybridized carbons (Fsp3) is 0.533. The van der Waals surface area contributed by atoms with Crippen molar-refractivity contribution in [2.45, 2.75) is 45.6 Å². The molecule has 0 fully saturated rings. The minimum absolute atomic E-state index is 0.115. The molecule has 19 heavy (non-hydrogen) atoms. The number of esters is 1. The van der Waals surface area contributed by atoms with Gasteiger partial charge in [-0.1, -0.05) is 18.6 Å². The van der Waals surface area contributed by atoms with E-state index in [-0.39, 0.29) is 17.8 Å². The molecule has 4 heteroatoms. The van der Waals surface area contributed by atoms with Gasteiger partial charge in [0.2, 0.25) is 0 Å². The van der Waals surface area contributed by atoms with Gasteiger partial charge in [-0.05, 0) is 43.4 Å². The summed E-state index contributed by atoms with van der Waals surface area (Å²) in [5, 5.41) is 0. The van der Waals surface area contributed by atoms with Gasteiger partial charge in [-0.25, -0.2) is 4.39 Å². The number of unbranched alkanes of at least 4 members (excludes halogenated alkanes) is 1. The van der Waals surface area contributed by atoms with Crippen molar-refractivity contribution in [2.24, 2.45) is 5.73 Å². The van der Waals surface area contributed by atoms with Crippen molar-refractivity contribution in [3.8, 4) is 0 Å². The number of aryl methyl sites for hydroxylation is 2. The van der Waals surface area contributed by atoms with E-state index in [0.717, 1.165) is 24.8 Å². The zero-order valence-electron chi connectivity index (χ0n) is 11.8. The molecule has 0 aliphatic heterocycles. The number of rotatable bonds is 6. The Balaban J connectivity index is 2.50. The van der Waals surface area contributed by atoms with E-state index in [1.165, 1.54) is 7.11 Å². The fourth-order valence-electron chi connectivity index (χ4n) is 2.10. The highest BCUT2D eigenvalue weighted by molar-refractivity contribution is 5.68. The maximum absolute atomic E-state index is 13.5. The Morgan fingerprint density at radius 3 is 2.42 bits per heavy atom. The van der Waals surface area contributed by atoms with Crippen LogP contribution in [0.1, 0.15) is 48.4 Å². The van der Waals surface area contributed by atoms with Crippen molar-refractivity contribution in [3.05, 3.63) is 34.6 Å². The molecular weight excluding hydrogens is 245 g/mol. The summed E-state index contributed by atoms with van der Waals surface area (Å²) in [6.07, 6.45) is 2.82. The summed E-state index contributed by atoms with van der Waals surface area (Å²) in [6.45, 7) is 3.49. The standard InChI is InChI=1S/C15H22FNO2/c1-10-8-12(9-11(2)15(10)16)13(17)6-4-5-7-14(18)19-3/h8-9,13H,4-7,17H2,1-3H3. The third-order valence-electron chi connectivity index (χ3n) is 3.26. The molecule has 1 atom stereocenters. The quantitative estimate of drug-likeness (QED) is 0.636. The Kier molecular flexibility index (Phi) is 5.96. The van der Waals surface area contributed by atoms with Crippen LogP contribution < -0.4 is 5.73 Å². The summed E-state index contributed by atoms with van der Waals surface area (Å²) in [6, 6.07) is 3.48. The number of benzene rings is 1. The Bertz CT molecular complexity index is 423. The molecule has 3 nitrogen and oxygen atoms in total. The number of hydrogen-bond acceptors (Lipinski definition) is 3. The van der Waals surface area contributed by atoms with E-state index in [0.29, 0.717) is 17.5 Å². The third kappa shape index (κ3) is 4.63. The number of carbonyl (C=O) groups excluding carboxylic acids is 1. The Hall–Kier alpha value is -1.42. The highest BCUT2D eigenvalue weighted by Crippen LogP contribution is 2.22. The first-order chi connectivity index (χ1) is 8.95. The minimum atomic E-state index is -0.193. The molecule has 1 aromatic carbocycles. The van der Waals surface area contributed by atoms with Crippen LogP contribution in [0.25, 0.3) is 0 Å². The predicted molar refractivity (Wildman–Crippen MR) is 73.3 cm³/mol. The second-order valence-corrected chi connectivity index (χ2v) is 4.90. The Morgan fingerprint density at radius 1 is 1.32 bits per heavy atom.